The molecule has 6 aromatic rings. The fraction of sp³-hybridized carbons (Fsp3) is 0.0877. The number of fused-ring (bicyclic) bond motifs is 3. The minimum absolute atomic E-state index is 0.110. The zero-order valence-electron chi connectivity index (χ0n) is 43.8. The molecule has 3 unspecified atom stereocenters. The van der Waals surface area contributed by atoms with Crippen molar-refractivity contribution in [2.75, 3.05) is 4.90 Å². The number of benzene rings is 6. The molecular weight excluding hydrogens is 699 g/mol. The first-order valence-corrected chi connectivity index (χ1v) is 19.3. The Hall–Kier alpha value is -6.96. The van der Waals surface area contributed by atoms with Gasteiger partial charge in [0.2, 0.25) is 0 Å². The summed E-state index contributed by atoms with van der Waals surface area (Å²) < 4.78 is 112. The van der Waals surface area contributed by atoms with Crippen LogP contribution in [-0.4, -0.2) is 6.04 Å². The van der Waals surface area contributed by atoms with Gasteiger partial charge < -0.3 is 4.90 Å². The predicted octanol–water partition coefficient (Wildman–Crippen LogP) is 14.7. The van der Waals surface area contributed by atoms with Gasteiger partial charge in [-0.1, -0.05) is 201 Å². The summed E-state index contributed by atoms with van der Waals surface area (Å²) in [6.45, 7) is 7.63. The van der Waals surface area contributed by atoms with Crippen molar-refractivity contribution in [2.45, 2.75) is 30.7 Å². The molecule has 0 amide bonds. The van der Waals surface area contributed by atoms with E-state index in [1.807, 2.05) is 146 Å². The van der Waals surface area contributed by atoms with Gasteiger partial charge in [-0.15, -0.1) is 0 Å². The second-order valence-corrected chi connectivity index (χ2v) is 14.1. The molecule has 0 spiro atoms. The van der Waals surface area contributed by atoms with E-state index in [0.29, 0.717) is 16.7 Å². The largest absolute Gasteiger partial charge is 0.334 e. The Morgan fingerprint density at radius 1 is 0.690 bits per heavy atom. The van der Waals surface area contributed by atoms with Crippen LogP contribution in [0.3, 0.4) is 0 Å². The summed E-state index contributed by atoms with van der Waals surface area (Å²) in [5, 5.41) is 0. The summed E-state index contributed by atoms with van der Waals surface area (Å²) in [6.07, 6.45) is 13.7. The van der Waals surface area contributed by atoms with Crippen LogP contribution in [-0.2, 0) is 5.41 Å². The SMILES string of the molecule is [2H]C1=C([2H])C([2H])C([2H])C(c2c([2H])c([2H])c(N(c3c([2H])c([2H])c4c(c3[2H])C(c3ccccc3)(c3ccccc3)c3ccccc3-4)C3C=CC(c4ccc(/C=C\C=C)c(/C=C\C=C)c4)=CC3)c([2H])c2[2H])=C1[2H]. The molecule has 0 saturated carbocycles. The smallest absolute Gasteiger partial charge is 0.0714 e. The lowest BCUT2D eigenvalue weighted by Gasteiger charge is -2.36. The van der Waals surface area contributed by atoms with E-state index in [2.05, 4.69) is 13.2 Å². The van der Waals surface area contributed by atoms with Crippen molar-refractivity contribution in [3.63, 3.8) is 0 Å². The molecule has 1 heteroatoms. The van der Waals surface area contributed by atoms with Gasteiger partial charge in [-0.05, 0) is 116 Å². The number of rotatable bonds is 11. The second kappa shape index (κ2) is 16.3. The van der Waals surface area contributed by atoms with Crippen molar-refractivity contribution in [1.82, 2.24) is 0 Å². The molecule has 58 heavy (non-hydrogen) atoms. The van der Waals surface area contributed by atoms with Gasteiger partial charge in [0.1, 0.15) is 0 Å². The van der Waals surface area contributed by atoms with E-state index < -0.39 is 72.1 Å². The van der Waals surface area contributed by atoms with Crippen molar-refractivity contribution in [3.05, 3.63) is 264 Å². The van der Waals surface area contributed by atoms with Crippen molar-refractivity contribution >= 4 is 34.7 Å². The second-order valence-electron chi connectivity index (χ2n) is 14.1. The fourth-order valence-corrected chi connectivity index (χ4v) is 8.18. The maximum atomic E-state index is 10.5. The molecule has 3 atom stereocenters. The van der Waals surface area contributed by atoms with Crippen LogP contribution in [0, 0.1) is 0 Å². The number of allylic oxidation sites excluding steroid dienone is 10. The monoisotopic (exact) mass is 757 g/mol. The zero-order chi connectivity index (χ0) is 49.8. The number of nitrogens with zero attached hydrogens (tertiary/aromatic N) is 1. The van der Waals surface area contributed by atoms with Crippen molar-refractivity contribution < 1.29 is 16.4 Å². The fourth-order valence-electron chi connectivity index (χ4n) is 8.18. The van der Waals surface area contributed by atoms with Crippen LogP contribution in [0.2, 0.25) is 0 Å². The minimum atomic E-state index is -1.65. The molecule has 0 bridgehead atoms. The van der Waals surface area contributed by atoms with Gasteiger partial charge in [-0.25, -0.2) is 0 Å². The van der Waals surface area contributed by atoms with Gasteiger partial charge in [-0.3, -0.25) is 0 Å². The van der Waals surface area contributed by atoms with Gasteiger partial charge in [0.25, 0.3) is 0 Å². The lowest BCUT2D eigenvalue weighted by atomic mass is 9.67. The lowest BCUT2D eigenvalue weighted by molar-refractivity contribution is 0.761. The van der Waals surface area contributed by atoms with E-state index in [0.717, 1.165) is 39.0 Å². The van der Waals surface area contributed by atoms with E-state index in [1.54, 1.807) is 12.2 Å². The Morgan fingerprint density at radius 2 is 1.38 bits per heavy atom. The highest BCUT2D eigenvalue weighted by molar-refractivity contribution is 5.89. The molecule has 3 aliphatic carbocycles. The Bertz CT molecular complexity index is 3260. The standard InChI is InChI=1S/C57H47N/c1-3-5-18-43-28-29-47(40-46(43)19-6-4-2)45-32-36-51(37-33-45)58(50-34-30-44(31-35-50)42-20-10-7-11-21-42)52-38-39-54-53-26-16-17-27-55(53)57(56(54)41-52,48-22-12-8-13-23-48)49-24-14-9-15-25-49/h3-10,12-20,22-36,38-41,51H,1-2,11,21,37H2/b18-5-,19-6-/i7D,10D,11D,20D,21D,30D,31D,34D,35D,38D,39D,41D. The third kappa shape index (κ3) is 6.69. The van der Waals surface area contributed by atoms with Gasteiger partial charge in [0, 0.05) is 14.1 Å². The molecule has 3 aliphatic rings. The Morgan fingerprint density at radius 3 is 2.09 bits per heavy atom. The first kappa shape index (κ1) is 25.3. The highest BCUT2D eigenvalue weighted by atomic mass is 15.2. The lowest BCUT2D eigenvalue weighted by Crippen LogP contribution is -2.31. The van der Waals surface area contributed by atoms with Gasteiger partial charge in [0.15, 0.2) is 0 Å². The van der Waals surface area contributed by atoms with Crippen LogP contribution in [0.5, 0.6) is 0 Å². The number of hydrogen-bond acceptors (Lipinski definition) is 1. The number of anilines is 2. The normalized spacial score (nSPS) is 22.4. The van der Waals surface area contributed by atoms with Crippen molar-refractivity contribution in [2.24, 2.45) is 0 Å². The van der Waals surface area contributed by atoms with E-state index >= 15 is 0 Å². The molecule has 9 rings (SSSR count). The molecule has 0 saturated heterocycles. The molecule has 1 nitrogen and oxygen atoms in total. The first-order valence-electron chi connectivity index (χ1n) is 25.4. The average Bonchev–Trinajstić information content (AvgIpc) is 3.71. The minimum Gasteiger partial charge on any atom is -0.334 e. The Balaban J connectivity index is 1.32. The topological polar surface area (TPSA) is 3.24 Å². The predicted molar refractivity (Wildman–Crippen MR) is 249 cm³/mol. The average molecular weight is 758 g/mol. The summed E-state index contributed by atoms with van der Waals surface area (Å²) in [7, 11) is 0. The molecular formula is C57H47N. The van der Waals surface area contributed by atoms with Crippen LogP contribution in [0.15, 0.2) is 219 Å². The van der Waals surface area contributed by atoms with E-state index in [-0.39, 0.29) is 41.5 Å². The molecule has 0 aliphatic heterocycles. The first-order chi connectivity index (χ1) is 33.7. The summed E-state index contributed by atoms with van der Waals surface area (Å²) >= 11 is 0. The highest BCUT2D eigenvalue weighted by Crippen LogP contribution is 2.57. The highest BCUT2D eigenvalue weighted by Gasteiger charge is 2.46. The van der Waals surface area contributed by atoms with Gasteiger partial charge in [0.05, 0.1) is 25.2 Å². The molecule has 6 aromatic carbocycles. The van der Waals surface area contributed by atoms with Crippen LogP contribution in [0.4, 0.5) is 11.4 Å². The quantitative estimate of drug-likeness (QED) is 0.119. The summed E-state index contributed by atoms with van der Waals surface area (Å²) in [5.74, 6) is 0. The summed E-state index contributed by atoms with van der Waals surface area (Å²) in [5.41, 5.74) is 5.19. The summed E-state index contributed by atoms with van der Waals surface area (Å²) in [4.78, 5) is 1.47. The molecule has 0 heterocycles. The van der Waals surface area contributed by atoms with E-state index in [9.17, 15) is 9.60 Å². The number of hydrogen-bond donors (Lipinski definition) is 0. The molecule has 0 N–H and O–H groups in total. The van der Waals surface area contributed by atoms with Gasteiger partial charge in [-0.2, -0.15) is 0 Å². The van der Waals surface area contributed by atoms with Crippen molar-refractivity contribution in [3.8, 4) is 11.1 Å². The molecule has 280 valence electrons. The van der Waals surface area contributed by atoms with Crippen LogP contribution in [0.25, 0.3) is 34.4 Å². The van der Waals surface area contributed by atoms with Crippen molar-refractivity contribution in [1.29, 1.82) is 0 Å². The third-order valence-corrected chi connectivity index (χ3v) is 10.8. The van der Waals surface area contributed by atoms with Gasteiger partial charge >= 0.3 is 0 Å². The van der Waals surface area contributed by atoms with Crippen LogP contribution < -0.4 is 4.90 Å². The van der Waals surface area contributed by atoms with E-state index in [4.69, 9.17) is 6.85 Å². The van der Waals surface area contributed by atoms with Crippen LogP contribution in [0.1, 0.15) is 80.2 Å². The Kier molecular flexibility index (Phi) is 7.10. The summed E-state index contributed by atoms with van der Waals surface area (Å²) in [6, 6.07) is 27.3. The molecule has 0 fully saturated rings. The maximum Gasteiger partial charge on any atom is 0.0714 e. The third-order valence-electron chi connectivity index (χ3n) is 10.8. The molecule has 0 radical (unpaired) electrons. The molecule has 0 aromatic heterocycles. The maximum absolute atomic E-state index is 10.5. The van der Waals surface area contributed by atoms with E-state index in [1.165, 1.54) is 4.90 Å². The Labute approximate surface area is 360 Å². The zero-order valence-corrected chi connectivity index (χ0v) is 31.8. The van der Waals surface area contributed by atoms with Crippen LogP contribution >= 0.6 is 0 Å².